The van der Waals surface area contributed by atoms with Crippen LogP contribution in [-0.4, -0.2) is 83.8 Å². The quantitative estimate of drug-likeness (QED) is 0.149. The third-order valence-electron chi connectivity index (χ3n) is 5.36. The second kappa shape index (κ2) is 9.93. The van der Waals surface area contributed by atoms with E-state index < -0.39 is 29.2 Å². The Morgan fingerprint density at radius 3 is 2.86 bits per heavy atom. The minimum Gasteiger partial charge on any atom is -0.477 e. The van der Waals surface area contributed by atoms with Crippen LogP contribution in [0.5, 0.6) is 0 Å². The van der Waals surface area contributed by atoms with Crippen molar-refractivity contribution in [1.82, 2.24) is 24.6 Å². The number of nitrogens with zero attached hydrogens (tertiary/aromatic N) is 5. The maximum Gasteiger partial charge on any atom is 0.352 e. The van der Waals surface area contributed by atoms with Crippen molar-refractivity contribution in [3.8, 4) is 0 Å². The molecule has 186 valence electrons. The van der Waals surface area contributed by atoms with E-state index in [9.17, 15) is 24.6 Å². The number of aliphatic carboxylic acids is 1. The van der Waals surface area contributed by atoms with Gasteiger partial charge in [-0.15, -0.1) is 23.1 Å². The summed E-state index contributed by atoms with van der Waals surface area (Å²) in [5.74, 6) is -2.26. The number of carbonyl (C=O) groups is 3. The number of hydrogen-bond donors (Lipinski definition) is 5. The molecular formula is C19H22N8O6S2. The van der Waals surface area contributed by atoms with Gasteiger partial charge in [-0.3, -0.25) is 29.3 Å². The summed E-state index contributed by atoms with van der Waals surface area (Å²) in [6, 6.07) is 0.567. The molecule has 0 radical (unpaired) electrons. The maximum absolute atomic E-state index is 13.0. The molecule has 2 aliphatic rings. The van der Waals surface area contributed by atoms with Crippen molar-refractivity contribution in [3.63, 3.8) is 0 Å². The van der Waals surface area contributed by atoms with E-state index in [1.165, 1.54) is 35.0 Å². The number of carbonyl (C=O) groups excluding carboxylic acids is 2. The second-order valence-corrected chi connectivity index (χ2v) is 9.45. The van der Waals surface area contributed by atoms with E-state index in [0.717, 1.165) is 16.2 Å². The fraction of sp³-hybridized carbons (Fsp3) is 0.368. The van der Waals surface area contributed by atoms with Gasteiger partial charge >= 0.3 is 5.97 Å². The van der Waals surface area contributed by atoms with Crippen LogP contribution in [0.4, 0.5) is 5.13 Å². The van der Waals surface area contributed by atoms with E-state index in [1.807, 2.05) is 0 Å². The predicted octanol–water partition coefficient (Wildman–Crippen LogP) is -1.41. The molecule has 0 aromatic carbocycles. The molecule has 4 heterocycles. The monoisotopic (exact) mass is 522 g/mol. The van der Waals surface area contributed by atoms with Gasteiger partial charge in [0.2, 0.25) is 0 Å². The average molecular weight is 523 g/mol. The first-order chi connectivity index (χ1) is 16.8. The van der Waals surface area contributed by atoms with Gasteiger partial charge < -0.3 is 26.1 Å². The Morgan fingerprint density at radius 1 is 1.46 bits per heavy atom. The Bertz CT molecular complexity index is 1290. The van der Waals surface area contributed by atoms with Gasteiger partial charge in [0.25, 0.3) is 11.8 Å². The third kappa shape index (κ3) is 4.54. The third-order valence-corrected chi connectivity index (χ3v) is 7.37. The second-order valence-electron chi connectivity index (χ2n) is 7.46. The first-order valence-corrected chi connectivity index (χ1v) is 12.1. The number of thioether (sulfide) groups is 1. The SMILES string of the molecule is CO/N=C(\C(=O)NC1C(=O)N2C(C(=O)O)=C(Cn3ccc(=N)n3CCO)CS[C@H]12)c1csc(N)n1. The highest BCUT2D eigenvalue weighted by atomic mass is 32.2. The molecule has 6 N–H and O–H groups in total. The van der Waals surface area contributed by atoms with Crippen LogP contribution in [0.2, 0.25) is 0 Å². The molecule has 2 atom stereocenters. The average Bonchev–Trinajstić information content (AvgIpc) is 3.41. The summed E-state index contributed by atoms with van der Waals surface area (Å²) in [7, 11) is 1.26. The molecule has 16 heteroatoms. The number of fused-ring (bicyclic) bond motifs is 1. The van der Waals surface area contributed by atoms with E-state index in [4.69, 9.17) is 16.0 Å². The van der Waals surface area contributed by atoms with Crippen LogP contribution in [0.3, 0.4) is 0 Å². The van der Waals surface area contributed by atoms with Gasteiger partial charge in [-0.2, -0.15) is 0 Å². The van der Waals surface area contributed by atoms with Crippen LogP contribution in [0.1, 0.15) is 5.69 Å². The molecule has 35 heavy (non-hydrogen) atoms. The van der Waals surface area contributed by atoms with Crippen LogP contribution in [-0.2, 0) is 32.3 Å². The lowest BCUT2D eigenvalue weighted by molar-refractivity contribution is -0.150. The summed E-state index contributed by atoms with van der Waals surface area (Å²) in [5.41, 5.74) is 6.14. The number of carboxylic acids is 1. The summed E-state index contributed by atoms with van der Waals surface area (Å²) < 4.78 is 3.13. The number of nitrogens with two attached hydrogens (primary N) is 1. The summed E-state index contributed by atoms with van der Waals surface area (Å²) in [4.78, 5) is 47.8. The zero-order valence-electron chi connectivity index (χ0n) is 18.4. The highest BCUT2D eigenvalue weighted by molar-refractivity contribution is 8.00. The van der Waals surface area contributed by atoms with Gasteiger partial charge in [0.15, 0.2) is 10.8 Å². The highest BCUT2D eigenvalue weighted by Crippen LogP contribution is 2.40. The minimum absolute atomic E-state index is 0.122. The Morgan fingerprint density at radius 2 is 2.23 bits per heavy atom. The zero-order valence-corrected chi connectivity index (χ0v) is 20.0. The number of nitrogen functional groups attached to an aromatic ring is 1. The van der Waals surface area contributed by atoms with Crippen LogP contribution >= 0.6 is 23.1 Å². The fourth-order valence-corrected chi connectivity index (χ4v) is 5.73. The molecule has 1 saturated heterocycles. The van der Waals surface area contributed by atoms with Gasteiger partial charge in [0.05, 0.1) is 19.7 Å². The number of amides is 2. The van der Waals surface area contributed by atoms with E-state index in [1.54, 1.807) is 10.9 Å². The topological polar surface area (TPSA) is 201 Å². The van der Waals surface area contributed by atoms with Crippen molar-refractivity contribution in [2.24, 2.45) is 5.16 Å². The number of hydrogen-bond acceptors (Lipinski definition) is 11. The van der Waals surface area contributed by atoms with E-state index in [2.05, 4.69) is 15.5 Å². The van der Waals surface area contributed by atoms with Crippen molar-refractivity contribution >= 4 is 51.7 Å². The number of aliphatic hydroxyl groups is 1. The number of rotatable bonds is 9. The lowest BCUT2D eigenvalue weighted by Crippen LogP contribution is -2.71. The lowest BCUT2D eigenvalue weighted by Gasteiger charge is -2.49. The Kier molecular flexibility index (Phi) is 6.95. The molecule has 0 bridgehead atoms. The van der Waals surface area contributed by atoms with Gasteiger partial charge in [0.1, 0.15) is 35.4 Å². The first-order valence-electron chi connectivity index (χ1n) is 10.2. The normalized spacial score (nSPS) is 19.9. The zero-order chi connectivity index (χ0) is 25.3. The molecule has 4 rings (SSSR count). The van der Waals surface area contributed by atoms with Gasteiger partial charge in [-0.25, -0.2) is 9.78 Å². The maximum atomic E-state index is 13.0. The first kappa shape index (κ1) is 24.5. The summed E-state index contributed by atoms with van der Waals surface area (Å²) >= 11 is 2.43. The molecular weight excluding hydrogens is 500 g/mol. The van der Waals surface area contributed by atoms with Crippen LogP contribution in [0.25, 0.3) is 0 Å². The van der Waals surface area contributed by atoms with Crippen LogP contribution in [0.15, 0.2) is 34.1 Å². The standard InChI is InChI=1S/C19H22N8O6S2/c1-33-24-12(10-8-35-19(21)22-10)15(29)23-13-16(30)27-14(18(31)32)9(7-34-17(13)27)6-25-3-2-11(20)26(25)4-5-28/h2-3,8,13,17,20,28H,4-7H2,1H3,(H2,21,22)(H,23,29)(H,31,32)/b20-11?,24-12-/t13?,17-/m1/s1. The number of nitrogens with one attached hydrogen (secondary N) is 2. The molecule has 0 aliphatic carbocycles. The molecule has 2 amide bonds. The van der Waals surface area contributed by atoms with E-state index >= 15 is 0 Å². The van der Waals surface area contributed by atoms with Crippen molar-refractivity contribution < 1.29 is 29.4 Å². The van der Waals surface area contributed by atoms with E-state index in [-0.39, 0.29) is 53.2 Å². The number of carboxylic acid groups (broad SMARTS) is 1. The molecule has 0 saturated carbocycles. The predicted molar refractivity (Wildman–Crippen MR) is 125 cm³/mol. The molecule has 1 unspecified atom stereocenters. The Balaban J connectivity index is 1.55. The van der Waals surface area contributed by atoms with Crippen molar-refractivity contribution in [2.45, 2.75) is 24.5 Å². The molecule has 1 fully saturated rings. The van der Waals surface area contributed by atoms with Gasteiger partial charge in [-0.05, 0) is 11.6 Å². The molecule has 2 aliphatic heterocycles. The van der Waals surface area contributed by atoms with Crippen LogP contribution in [0, 0.1) is 5.41 Å². The number of aromatic nitrogens is 3. The van der Waals surface area contributed by atoms with Crippen molar-refractivity contribution in [2.75, 3.05) is 25.2 Å². The number of β-lactam (4-membered cyclic amide) rings is 1. The molecule has 2 aromatic heterocycles. The summed E-state index contributed by atoms with van der Waals surface area (Å²) in [5, 5.41) is 34.5. The summed E-state index contributed by atoms with van der Waals surface area (Å²) in [6.45, 7) is 0.108. The number of thiazole rings is 1. The highest BCUT2D eigenvalue weighted by Gasteiger charge is 2.54. The summed E-state index contributed by atoms with van der Waals surface area (Å²) in [6.07, 6.45) is 1.62. The molecule has 14 nitrogen and oxygen atoms in total. The van der Waals surface area contributed by atoms with Crippen molar-refractivity contribution in [1.29, 1.82) is 5.41 Å². The molecule has 0 spiro atoms. The number of anilines is 1. The number of aliphatic hydroxyl groups excluding tert-OH is 1. The van der Waals surface area contributed by atoms with Crippen LogP contribution < -0.4 is 16.5 Å². The van der Waals surface area contributed by atoms with Crippen molar-refractivity contribution in [3.05, 3.63) is 40.1 Å². The Labute approximate surface area is 206 Å². The lowest BCUT2D eigenvalue weighted by atomic mass is 10.0. The Hall–Kier alpha value is -3.63. The minimum atomic E-state index is -1.27. The number of oxime groups is 1. The largest absolute Gasteiger partial charge is 0.477 e. The smallest absolute Gasteiger partial charge is 0.352 e. The van der Waals surface area contributed by atoms with E-state index in [0.29, 0.717) is 5.57 Å². The van der Waals surface area contributed by atoms with Gasteiger partial charge in [0, 0.05) is 17.3 Å². The fourth-order valence-electron chi connectivity index (χ4n) is 3.85. The van der Waals surface area contributed by atoms with Gasteiger partial charge in [-0.1, -0.05) is 5.16 Å². The molecule has 2 aromatic rings.